The number of nitrogens with zero attached hydrogens (tertiary/aromatic N) is 4. The Labute approximate surface area is 186 Å². The Balaban J connectivity index is 1.83. The molecule has 2 rings (SSSR count). The van der Waals surface area contributed by atoms with Gasteiger partial charge in [-0.1, -0.05) is 61.7 Å². The highest BCUT2D eigenvalue weighted by Crippen LogP contribution is 2.02. The highest BCUT2D eigenvalue weighted by atomic mass is 32.1. The maximum atomic E-state index is 5.37. The molecule has 0 aliphatic heterocycles. The van der Waals surface area contributed by atoms with E-state index in [1.54, 1.807) is 24.9 Å². The predicted molar refractivity (Wildman–Crippen MR) is 132 cm³/mol. The molecule has 0 radical (unpaired) electrons. The lowest BCUT2D eigenvalue weighted by Gasteiger charge is -2.00. The van der Waals surface area contributed by atoms with Crippen molar-refractivity contribution in [2.24, 2.45) is 31.8 Å². The van der Waals surface area contributed by atoms with Gasteiger partial charge in [0.05, 0.1) is 12.4 Å². The zero-order valence-electron chi connectivity index (χ0n) is 16.7. The van der Waals surface area contributed by atoms with Gasteiger partial charge in [-0.15, -0.1) is 0 Å². The van der Waals surface area contributed by atoms with Crippen LogP contribution < -0.4 is 27.9 Å². The molecular weight excluding hydrogens is 410 g/mol. The molecule has 7 N–H and O–H groups in total. The van der Waals surface area contributed by atoms with Crippen LogP contribution in [0.5, 0.6) is 0 Å². The Kier molecular flexibility index (Phi) is 9.27. The molecule has 0 saturated heterocycles. The van der Waals surface area contributed by atoms with E-state index in [9.17, 15) is 0 Å². The second kappa shape index (κ2) is 12.4. The second-order valence-electron chi connectivity index (χ2n) is 6.01. The van der Waals surface area contributed by atoms with Crippen LogP contribution >= 0.6 is 12.2 Å². The van der Waals surface area contributed by atoms with Gasteiger partial charge in [0, 0.05) is 12.4 Å². The van der Waals surface area contributed by atoms with Gasteiger partial charge in [0.25, 0.3) is 0 Å². The van der Waals surface area contributed by atoms with Gasteiger partial charge in [-0.3, -0.25) is 16.3 Å². The van der Waals surface area contributed by atoms with Crippen molar-refractivity contribution in [3.63, 3.8) is 0 Å². The first-order chi connectivity index (χ1) is 15.0. The topological polar surface area (TPSA) is 138 Å². The molecule has 0 heterocycles. The van der Waals surface area contributed by atoms with Crippen molar-refractivity contribution in [2.75, 3.05) is 0 Å². The average molecular weight is 434 g/mol. The van der Waals surface area contributed by atoms with Gasteiger partial charge in [0.2, 0.25) is 5.11 Å². The van der Waals surface area contributed by atoms with Gasteiger partial charge in [-0.2, -0.15) is 10.2 Å². The standard InChI is InChI=1S/C21H23N9S/c1-15(22)29-26-13-19-7-3-17(4-8-19)11-24-16(2)30-27-14-20-9-5-18(6-10-20)12-25-21(31)28-23/h3-14,29-30H,1-2,22-23H2,(H,28,31)/b24-11?,25-12?,26-13+,27-14+. The average Bonchev–Trinajstić information content (AvgIpc) is 2.77. The highest BCUT2D eigenvalue weighted by molar-refractivity contribution is 7.80. The zero-order valence-corrected chi connectivity index (χ0v) is 17.5. The smallest absolute Gasteiger partial charge is 0.207 e. The third-order valence-corrected chi connectivity index (χ3v) is 3.75. The summed E-state index contributed by atoms with van der Waals surface area (Å²) in [6.07, 6.45) is 6.59. The Morgan fingerprint density at radius 2 is 1.16 bits per heavy atom. The monoisotopic (exact) mass is 433 g/mol. The predicted octanol–water partition coefficient (Wildman–Crippen LogP) is 1.72. The minimum Gasteiger partial charge on any atom is -0.385 e. The number of rotatable bonds is 9. The molecule has 158 valence electrons. The van der Waals surface area contributed by atoms with Crippen LogP contribution in [0.2, 0.25) is 0 Å². The summed E-state index contributed by atoms with van der Waals surface area (Å²) in [6, 6.07) is 15.1. The number of thiocarbonyl (C=S) groups is 1. The number of hydrazone groups is 2. The summed E-state index contributed by atoms with van der Waals surface area (Å²) in [7, 11) is 0. The van der Waals surface area contributed by atoms with Crippen LogP contribution in [0.4, 0.5) is 0 Å². The fourth-order valence-electron chi connectivity index (χ4n) is 2.06. The molecule has 0 amide bonds. The summed E-state index contributed by atoms with van der Waals surface area (Å²) < 4.78 is 0. The maximum Gasteiger partial charge on any atom is 0.207 e. The molecule has 2 aromatic rings. The van der Waals surface area contributed by atoms with E-state index in [1.165, 1.54) is 0 Å². The van der Waals surface area contributed by atoms with Gasteiger partial charge in [-0.25, -0.2) is 15.8 Å². The van der Waals surface area contributed by atoms with E-state index in [0.29, 0.717) is 5.82 Å². The fourth-order valence-corrected chi connectivity index (χ4v) is 2.11. The molecule has 0 aromatic heterocycles. The highest BCUT2D eigenvalue weighted by Gasteiger charge is 1.93. The molecule has 0 fully saturated rings. The van der Waals surface area contributed by atoms with E-state index in [4.69, 9.17) is 23.8 Å². The van der Waals surface area contributed by atoms with Crippen molar-refractivity contribution < 1.29 is 0 Å². The van der Waals surface area contributed by atoms with E-state index >= 15 is 0 Å². The van der Waals surface area contributed by atoms with Crippen LogP contribution in [0.1, 0.15) is 22.3 Å². The number of nitrogens with one attached hydrogen (secondary N) is 3. The first-order valence-electron chi connectivity index (χ1n) is 8.96. The zero-order chi connectivity index (χ0) is 22.5. The molecule has 0 bridgehead atoms. The van der Waals surface area contributed by atoms with Crippen molar-refractivity contribution in [2.45, 2.75) is 0 Å². The first-order valence-corrected chi connectivity index (χ1v) is 9.37. The SMILES string of the molecule is C=C(N)N/N=C/c1ccc(C=NC(=C)N/N=C/c2ccc(C=NC(=S)NN)cc2)cc1. The van der Waals surface area contributed by atoms with Crippen LogP contribution in [-0.2, 0) is 0 Å². The quantitative estimate of drug-likeness (QED) is 0.177. The van der Waals surface area contributed by atoms with Crippen molar-refractivity contribution in [3.05, 3.63) is 95.6 Å². The lowest BCUT2D eigenvalue weighted by atomic mass is 10.2. The van der Waals surface area contributed by atoms with Crippen molar-refractivity contribution in [1.82, 2.24) is 16.3 Å². The molecule has 0 aliphatic rings. The molecular formula is C21H23N9S. The molecule has 9 nitrogen and oxygen atoms in total. The van der Waals surface area contributed by atoms with Crippen molar-refractivity contribution in [3.8, 4) is 0 Å². The summed E-state index contributed by atoms with van der Waals surface area (Å²) in [5, 5.41) is 8.27. The third kappa shape index (κ3) is 9.26. The molecule has 0 aliphatic carbocycles. The largest absolute Gasteiger partial charge is 0.385 e. The number of aliphatic imine (C=N–C) groups is 2. The molecule has 0 atom stereocenters. The molecule has 0 spiro atoms. The molecule has 0 saturated carbocycles. The summed E-state index contributed by atoms with van der Waals surface area (Å²) in [6.45, 7) is 7.32. The number of hydrogen-bond acceptors (Lipinski definition) is 8. The van der Waals surface area contributed by atoms with Gasteiger partial charge in [0.15, 0.2) is 0 Å². The minimum absolute atomic E-state index is 0.213. The fraction of sp³-hybridized carbons (Fsp3) is 0. The minimum atomic E-state index is 0.213. The Morgan fingerprint density at radius 1 is 0.742 bits per heavy atom. The van der Waals surface area contributed by atoms with Gasteiger partial charge in [0.1, 0.15) is 11.6 Å². The first kappa shape index (κ1) is 23.1. The van der Waals surface area contributed by atoms with E-state index in [2.05, 4.69) is 49.6 Å². The summed E-state index contributed by atoms with van der Waals surface area (Å²) >= 11 is 4.85. The number of hydrazine groups is 1. The van der Waals surface area contributed by atoms with Gasteiger partial charge < -0.3 is 5.73 Å². The molecule has 31 heavy (non-hydrogen) atoms. The number of nitrogens with two attached hydrogens (primary N) is 2. The number of hydrogen-bond donors (Lipinski definition) is 5. The van der Waals surface area contributed by atoms with Crippen LogP contribution in [0.3, 0.4) is 0 Å². The summed E-state index contributed by atoms with van der Waals surface area (Å²) in [4.78, 5) is 8.22. The molecule has 10 heteroatoms. The lowest BCUT2D eigenvalue weighted by molar-refractivity contribution is 0.882. The van der Waals surface area contributed by atoms with E-state index in [0.717, 1.165) is 22.3 Å². The Morgan fingerprint density at radius 3 is 1.61 bits per heavy atom. The van der Waals surface area contributed by atoms with Gasteiger partial charge >= 0.3 is 0 Å². The van der Waals surface area contributed by atoms with Gasteiger partial charge in [-0.05, 0) is 34.5 Å². The second-order valence-corrected chi connectivity index (χ2v) is 6.40. The normalized spacial score (nSPS) is 11.4. The van der Waals surface area contributed by atoms with Crippen LogP contribution in [0, 0.1) is 0 Å². The van der Waals surface area contributed by atoms with Crippen molar-refractivity contribution in [1.29, 1.82) is 0 Å². The summed E-state index contributed by atoms with van der Waals surface area (Å²) in [5.41, 5.74) is 16.6. The van der Waals surface area contributed by atoms with Crippen molar-refractivity contribution >= 4 is 42.2 Å². The van der Waals surface area contributed by atoms with E-state index in [-0.39, 0.29) is 10.9 Å². The Bertz CT molecular complexity index is 1020. The van der Waals surface area contributed by atoms with Crippen LogP contribution in [0.25, 0.3) is 0 Å². The lowest BCUT2D eigenvalue weighted by Crippen LogP contribution is -2.26. The Hall–Kier alpha value is -4.15. The van der Waals surface area contributed by atoms with E-state index in [1.807, 2.05) is 48.5 Å². The van der Waals surface area contributed by atoms with Crippen LogP contribution in [-0.4, -0.2) is 30.0 Å². The summed E-state index contributed by atoms with van der Waals surface area (Å²) in [5.74, 6) is 5.85. The number of benzene rings is 2. The van der Waals surface area contributed by atoms with E-state index < -0.39 is 0 Å². The third-order valence-electron chi connectivity index (χ3n) is 3.53. The maximum absolute atomic E-state index is 5.37. The molecule has 0 unspecified atom stereocenters. The molecule has 2 aromatic carbocycles. The van der Waals surface area contributed by atoms with Crippen LogP contribution in [0.15, 0.2) is 93.5 Å².